The summed E-state index contributed by atoms with van der Waals surface area (Å²) in [5.41, 5.74) is 3.05. The van der Waals surface area contributed by atoms with E-state index in [9.17, 15) is 9.90 Å². The monoisotopic (exact) mass is 398 g/mol. The van der Waals surface area contributed by atoms with E-state index >= 15 is 0 Å². The number of hydrogen-bond acceptors (Lipinski definition) is 4. The number of hydrazone groups is 1. The summed E-state index contributed by atoms with van der Waals surface area (Å²) in [6.07, 6.45) is 1.42. The Labute approximate surface area is 156 Å². The second-order valence-electron chi connectivity index (χ2n) is 4.80. The Bertz CT molecular complexity index is 969. The number of fused-ring (bicyclic) bond motifs is 1. The molecule has 0 spiro atoms. The lowest BCUT2D eigenvalue weighted by Gasteiger charge is -1.98. The SMILES string of the molecule is O=C(N/N=C/c1cccc(O)c1)c1sc2cc(Cl)cc(Cl)c2c1Cl. The molecule has 0 unspecified atom stereocenters. The van der Waals surface area contributed by atoms with Gasteiger partial charge in [0.05, 0.1) is 16.3 Å². The Hall–Kier alpha value is -1.79. The molecule has 122 valence electrons. The second kappa shape index (κ2) is 6.99. The summed E-state index contributed by atoms with van der Waals surface area (Å²) >= 11 is 19.5. The van der Waals surface area contributed by atoms with Crippen molar-refractivity contribution < 1.29 is 9.90 Å². The molecule has 0 aliphatic carbocycles. The third-order valence-corrected chi connectivity index (χ3v) is 5.25. The number of phenols is 1. The first-order valence-corrected chi connectivity index (χ1v) is 8.60. The van der Waals surface area contributed by atoms with Crippen molar-refractivity contribution in [3.8, 4) is 5.75 Å². The summed E-state index contributed by atoms with van der Waals surface area (Å²) in [5.74, 6) is -0.339. The molecule has 2 aromatic carbocycles. The number of nitrogens with one attached hydrogen (secondary N) is 1. The van der Waals surface area contributed by atoms with Crippen molar-refractivity contribution in [2.45, 2.75) is 0 Å². The first-order chi connectivity index (χ1) is 11.5. The third kappa shape index (κ3) is 3.49. The van der Waals surface area contributed by atoms with Crippen LogP contribution in [0, 0.1) is 0 Å². The molecule has 1 heterocycles. The van der Waals surface area contributed by atoms with Gasteiger partial charge >= 0.3 is 0 Å². The third-order valence-electron chi connectivity index (χ3n) is 3.11. The number of rotatable bonds is 3. The zero-order chi connectivity index (χ0) is 17.3. The van der Waals surface area contributed by atoms with E-state index in [1.807, 2.05) is 0 Å². The van der Waals surface area contributed by atoms with E-state index < -0.39 is 5.91 Å². The normalized spacial score (nSPS) is 11.3. The standard InChI is InChI=1S/C16H9Cl3N2O2S/c17-9-5-11(18)13-12(6-9)24-15(14(13)19)16(23)21-20-7-8-2-1-3-10(22)4-8/h1-7,22H,(H,21,23)/b20-7+. The Balaban J connectivity index is 1.84. The van der Waals surface area contributed by atoms with E-state index in [1.54, 1.807) is 30.3 Å². The van der Waals surface area contributed by atoms with E-state index in [-0.39, 0.29) is 10.8 Å². The summed E-state index contributed by atoms with van der Waals surface area (Å²) < 4.78 is 0.722. The minimum Gasteiger partial charge on any atom is -0.508 e. The van der Waals surface area contributed by atoms with Gasteiger partial charge in [0.1, 0.15) is 10.6 Å². The number of benzene rings is 2. The number of phenolic OH excluding ortho intramolecular Hbond substituents is 1. The van der Waals surface area contributed by atoms with Crippen molar-refractivity contribution in [1.29, 1.82) is 0 Å². The molecular weight excluding hydrogens is 391 g/mol. The molecule has 0 aliphatic rings. The average Bonchev–Trinajstić information content (AvgIpc) is 2.84. The number of aromatic hydroxyl groups is 1. The van der Waals surface area contributed by atoms with Crippen LogP contribution in [0.1, 0.15) is 15.2 Å². The largest absolute Gasteiger partial charge is 0.508 e. The van der Waals surface area contributed by atoms with E-state index in [4.69, 9.17) is 34.8 Å². The summed E-state index contributed by atoms with van der Waals surface area (Å²) in [6.45, 7) is 0. The quantitative estimate of drug-likeness (QED) is 0.462. The van der Waals surface area contributed by atoms with Gasteiger partial charge in [-0.15, -0.1) is 11.3 Å². The molecule has 0 saturated heterocycles. The van der Waals surface area contributed by atoms with Crippen LogP contribution in [0.15, 0.2) is 41.5 Å². The molecule has 3 rings (SSSR count). The molecule has 8 heteroatoms. The van der Waals surface area contributed by atoms with Gasteiger partial charge in [-0.2, -0.15) is 5.10 Å². The Morgan fingerprint density at radius 2 is 2.00 bits per heavy atom. The molecule has 24 heavy (non-hydrogen) atoms. The maximum Gasteiger partial charge on any atom is 0.283 e. The number of hydrogen-bond donors (Lipinski definition) is 2. The van der Waals surface area contributed by atoms with Crippen LogP contribution in [0.25, 0.3) is 10.1 Å². The average molecular weight is 400 g/mol. The molecule has 0 fully saturated rings. The van der Waals surface area contributed by atoms with E-state index in [2.05, 4.69) is 10.5 Å². The van der Waals surface area contributed by atoms with Crippen LogP contribution >= 0.6 is 46.1 Å². The Morgan fingerprint density at radius 3 is 2.75 bits per heavy atom. The minimum absolute atomic E-state index is 0.115. The van der Waals surface area contributed by atoms with Gasteiger partial charge in [-0.05, 0) is 29.8 Å². The van der Waals surface area contributed by atoms with E-state index in [0.717, 1.165) is 4.70 Å². The summed E-state index contributed by atoms with van der Waals surface area (Å²) in [4.78, 5) is 12.6. The zero-order valence-corrected chi connectivity index (χ0v) is 15.0. The lowest BCUT2D eigenvalue weighted by atomic mass is 10.2. The summed E-state index contributed by atoms with van der Waals surface area (Å²) in [6, 6.07) is 9.75. The summed E-state index contributed by atoms with van der Waals surface area (Å²) in [7, 11) is 0. The Kier molecular flexibility index (Phi) is 4.96. The van der Waals surface area contributed by atoms with Crippen LogP contribution in [-0.2, 0) is 0 Å². The molecule has 3 aromatic rings. The fourth-order valence-corrected chi connectivity index (χ4v) is 4.35. The number of carbonyl (C=O) groups is 1. The topological polar surface area (TPSA) is 61.7 Å². The number of amides is 1. The fraction of sp³-hybridized carbons (Fsp3) is 0. The van der Waals surface area contributed by atoms with Crippen molar-refractivity contribution >= 4 is 68.3 Å². The lowest BCUT2D eigenvalue weighted by Crippen LogP contribution is -2.16. The molecule has 0 aliphatic heterocycles. The molecular formula is C16H9Cl3N2O2S. The number of carbonyl (C=O) groups excluding carboxylic acids is 1. The maximum absolute atomic E-state index is 12.3. The predicted octanol–water partition coefficient (Wildman–Crippen LogP) is 5.33. The van der Waals surface area contributed by atoms with E-state index in [0.29, 0.717) is 25.9 Å². The number of halogens is 3. The van der Waals surface area contributed by atoms with Gasteiger partial charge in [0.25, 0.3) is 5.91 Å². The number of thiophene rings is 1. The predicted molar refractivity (Wildman–Crippen MR) is 100 cm³/mol. The number of nitrogens with zero attached hydrogens (tertiary/aromatic N) is 1. The van der Waals surface area contributed by atoms with Crippen LogP contribution in [0.2, 0.25) is 15.1 Å². The van der Waals surface area contributed by atoms with E-state index in [1.165, 1.54) is 23.6 Å². The smallest absolute Gasteiger partial charge is 0.283 e. The maximum atomic E-state index is 12.3. The first kappa shape index (κ1) is 17.0. The van der Waals surface area contributed by atoms with Gasteiger partial charge in [-0.25, -0.2) is 5.43 Å². The van der Waals surface area contributed by atoms with Crippen LogP contribution in [-0.4, -0.2) is 17.2 Å². The van der Waals surface area contributed by atoms with Gasteiger partial charge in [-0.1, -0.05) is 46.9 Å². The van der Waals surface area contributed by atoms with Gasteiger partial charge in [0.2, 0.25) is 0 Å². The van der Waals surface area contributed by atoms with Crippen LogP contribution in [0.4, 0.5) is 0 Å². The van der Waals surface area contributed by atoms with Crippen molar-refractivity contribution in [2.24, 2.45) is 5.10 Å². The molecule has 0 bridgehead atoms. The molecule has 0 atom stereocenters. The highest BCUT2D eigenvalue weighted by Gasteiger charge is 2.19. The highest BCUT2D eigenvalue weighted by atomic mass is 35.5. The Morgan fingerprint density at radius 1 is 1.21 bits per heavy atom. The molecule has 2 N–H and O–H groups in total. The van der Waals surface area contributed by atoms with Gasteiger partial charge in [-0.3, -0.25) is 4.79 Å². The van der Waals surface area contributed by atoms with Gasteiger partial charge < -0.3 is 5.11 Å². The molecule has 0 saturated carbocycles. The van der Waals surface area contributed by atoms with Crippen molar-refractivity contribution in [3.63, 3.8) is 0 Å². The van der Waals surface area contributed by atoms with Crippen molar-refractivity contribution in [2.75, 3.05) is 0 Å². The van der Waals surface area contributed by atoms with Crippen LogP contribution in [0.3, 0.4) is 0 Å². The molecule has 0 radical (unpaired) electrons. The molecule has 1 aromatic heterocycles. The van der Waals surface area contributed by atoms with Gasteiger partial charge in [0.15, 0.2) is 0 Å². The van der Waals surface area contributed by atoms with Crippen molar-refractivity contribution in [3.05, 3.63) is 61.9 Å². The lowest BCUT2D eigenvalue weighted by molar-refractivity contribution is 0.0959. The first-order valence-electron chi connectivity index (χ1n) is 6.65. The minimum atomic E-state index is -0.454. The van der Waals surface area contributed by atoms with Crippen molar-refractivity contribution in [1.82, 2.24) is 5.43 Å². The fourth-order valence-electron chi connectivity index (χ4n) is 2.08. The van der Waals surface area contributed by atoms with Gasteiger partial charge in [0, 0.05) is 15.1 Å². The highest BCUT2D eigenvalue weighted by Crippen LogP contribution is 2.41. The van der Waals surface area contributed by atoms with Crippen LogP contribution in [0.5, 0.6) is 5.75 Å². The second-order valence-corrected chi connectivity index (χ2v) is 7.07. The highest BCUT2D eigenvalue weighted by molar-refractivity contribution is 7.21. The molecule has 1 amide bonds. The zero-order valence-electron chi connectivity index (χ0n) is 11.9. The van der Waals surface area contributed by atoms with Crippen LogP contribution < -0.4 is 5.43 Å². The molecule has 4 nitrogen and oxygen atoms in total. The summed E-state index contributed by atoms with van der Waals surface area (Å²) in [5, 5.41) is 15.0.